The van der Waals surface area contributed by atoms with Gasteiger partial charge >= 0.3 is 0 Å². The van der Waals surface area contributed by atoms with Crippen molar-refractivity contribution in [2.75, 3.05) is 33.3 Å². The van der Waals surface area contributed by atoms with Crippen LogP contribution in [-0.2, 0) is 6.42 Å². The van der Waals surface area contributed by atoms with Gasteiger partial charge in [0.15, 0.2) is 0 Å². The minimum atomic E-state index is -0.0691. The molecule has 174 valence electrons. The highest BCUT2D eigenvalue weighted by molar-refractivity contribution is 6.30. The average molecular weight is 476 g/mol. The van der Waals surface area contributed by atoms with Crippen molar-refractivity contribution >= 4 is 23.2 Å². The van der Waals surface area contributed by atoms with E-state index < -0.39 is 0 Å². The van der Waals surface area contributed by atoms with Crippen LogP contribution in [0.15, 0.2) is 54.7 Å². The van der Waals surface area contributed by atoms with Crippen LogP contribution in [0.2, 0.25) is 5.02 Å². The maximum Gasteiger partial charge on any atom is 0.272 e. The summed E-state index contributed by atoms with van der Waals surface area (Å²) < 4.78 is 7.49. The first-order chi connectivity index (χ1) is 16.5. The predicted molar refractivity (Wildman–Crippen MR) is 133 cm³/mol. The Balaban J connectivity index is 1.64. The molecule has 3 aromatic heterocycles. The highest BCUT2D eigenvalue weighted by Gasteiger charge is 2.26. The van der Waals surface area contributed by atoms with Gasteiger partial charge in [-0.15, -0.1) is 0 Å². The lowest BCUT2D eigenvalue weighted by atomic mass is 9.98. The fourth-order valence-corrected chi connectivity index (χ4v) is 4.54. The van der Waals surface area contributed by atoms with Crippen LogP contribution in [0.3, 0.4) is 0 Å². The number of aromatic nitrogens is 3. The molecule has 4 aromatic rings. The van der Waals surface area contributed by atoms with E-state index in [1.165, 1.54) is 0 Å². The number of ether oxygens (including phenoxy) is 1. The molecule has 1 fully saturated rings. The van der Waals surface area contributed by atoms with Crippen molar-refractivity contribution in [3.05, 3.63) is 82.3 Å². The lowest BCUT2D eigenvalue weighted by Gasteiger charge is -2.28. The summed E-state index contributed by atoms with van der Waals surface area (Å²) in [4.78, 5) is 25.0. The summed E-state index contributed by atoms with van der Waals surface area (Å²) >= 11 is 6.13. The molecule has 0 radical (unpaired) electrons. The van der Waals surface area contributed by atoms with Crippen molar-refractivity contribution in [2.24, 2.45) is 0 Å². The number of hydrogen-bond donors (Lipinski definition) is 1. The van der Waals surface area contributed by atoms with Gasteiger partial charge in [-0.05, 0) is 42.3 Å². The van der Waals surface area contributed by atoms with Gasteiger partial charge in [-0.3, -0.25) is 4.79 Å². The Morgan fingerprint density at radius 2 is 1.88 bits per heavy atom. The summed E-state index contributed by atoms with van der Waals surface area (Å²) in [5.74, 6) is 0.371. The molecule has 1 aromatic carbocycles. The van der Waals surface area contributed by atoms with E-state index in [4.69, 9.17) is 21.3 Å². The number of rotatable bonds is 5. The number of piperazine rings is 1. The first-order valence-electron chi connectivity index (χ1n) is 11.3. The molecule has 0 unspecified atom stereocenters. The number of carbonyl (C=O) groups is 1. The Kier molecular flexibility index (Phi) is 6.22. The third-order valence-electron chi connectivity index (χ3n) is 6.23. The number of hydrogen-bond acceptors (Lipinski definition) is 5. The molecule has 5 rings (SSSR count). The molecule has 1 amide bonds. The summed E-state index contributed by atoms with van der Waals surface area (Å²) in [5, 5.41) is 3.97. The van der Waals surface area contributed by atoms with E-state index in [2.05, 4.69) is 14.7 Å². The third kappa shape index (κ3) is 4.24. The molecule has 1 aliphatic rings. The molecule has 1 N–H and O–H groups in total. The second kappa shape index (κ2) is 9.44. The maximum atomic E-state index is 13.6. The minimum Gasteiger partial charge on any atom is -0.481 e. The van der Waals surface area contributed by atoms with Crippen molar-refractivity contribution in [3.63, 3.8) is 0 Å². The number of carbonyl (C=O) groups excluding carboxylic acids is 1. The fraction of sp³-hybridized carbons (Fsp3) is 0.269. The number of amides is 1. The summed E-state index contributed by atoms with van der Waals surface area (Å²) in [7, 11) is 1.57. The number of pyridine rings is 2. The predicted octanol–water partition coefficient (Wildman–Crippen LogP) is 4.00. The molecule has 0 atom stereocenters. The van der Waals surface area contributed by atoms with Gasteiger partial charge in [0.25, 0.3) is 5.91 Å². The number of fused-ring (bicyclic) bond motifs is 1. The van der Waals surface area contributed by atoms with Crippen LogP contribution in [0, 0.1) is 6.92 Å². The quantitative estimate of drug-likeness (QED) is 0.472. The summed E-state index contributed by atoms with van der Waals surface area (Å²) in [6.07, 6.45) is 2.50. The van der Waals surface area contributed by atoms with Gasteiger partial charge in [0.05, 0.1) is 18.5 Å². The Labute approximate surface area is 203 Å². The molecule has 34 heavy (non-hydrogen) atoms. The molecule has 1 aliphatic heterocycles. The molecule has 0 aliphatic carbocycles. The van der Waals surface area contributed by atoms with Gasteiger partial charge in [0.1, 0.15) is 11.3 Å². The van der Waals surface area contributed by atoms with E-state index in [9.17, 15) is 4.79 Å². The van der Waals surface area contributed by atoms with Crippen molar-refractivity contribution < 1.29 is 9.53 Å². The van der Waals surface area contributed by atoms with Gasteiger partial charge in [0.2, 0.25) is 5.88 Å². The highest BCUT2D eigenvalue weighted by Crippen LogP contribution is 2.30. The zero-order chi connectivity index (χ0) is 23.7. The smallest absolute Gasteiger partial charge is 0.272 e. The number of imidazole rings is 1. The first kappa shape index (κ1) is 22.4. The van der Waals surface area contributed by atoms with E-state index in [0.29, 0.717) is 36.1 Å². The number of methoxy groups -OCH3 is 1. The topological polar surface area (TPSA) is 71.8 Å². The zero-order valence-electron chi connectivity index (χ0n) is 19.2. The Morgan fingerprint density at radius 1 is 1.12 bits per heavy atom. The molecule has 7 nitrogen and oxygen atoms in total. The average Bonchev–Trinajstić information content (AvgIpc) is 3.24. The number of benzene rings is 1. The number of aryl methyl sites for hydroxylation is 1. The third-order valence-corrected chi connectivity index (χ3v) is 6.48. The van der Waals surface area contributed by atoms with Crippen molar-refractivity contribution in [2.45, 2.75) is 13.3 Å². The van der Waals surface area contributed by atoms with Gasteiger partial charge < -0.3 is 19.4 Å². The van der Waals surface area contributed by atoms with Crippen LogP contribution in [0.1, 0.15) is 27.3 Å². The second-order valence-electron chi connectivity index (χ2n) is 8.37. The molecule has 0 spiro atoms. The molecule has 0 saturated carbocycles. The summed E-state index contributed by atoms with van der Waals surface area (Å²) in [5.41, 5.74) is 5.94. The monoisotopic (exact) mass is 475 g/mol. The Morgan fingerprint density at radius 3 is 2.62 bits per heavy atom. The van der Waals surface area contributed by atoms with Crippen molar-refractivity contribution in [3.8, 4) is 17.1 Å². The van der Waals surface area contributed by atoms with Crippen LogP contribution in [0.25, 0.3) is 16.9 Å². The molecule has 0 bridgehead atoms. The summed E-state index contributed by atoms with van der Waals surface area (Å²) in [6.45, 7) is 4.86. The van der Waals surface area contributed by atoms with Crippen molar-refractivity contribution in [1.82, 2.24) is 24.6 Å². The van der Waals surface area contributed by atoms with Crippen LogP contribution in [-0.4, -0.2) is 58.5 Å². The molecular weight excluding hydrogens is 450 g/mol. The van der Waals surface area contributed by atoms with Crippen LogP contribution >= 0.6 is 11.6 Å². The molecule has 4 heterocycles. The minimum absolute atomic E-state index is 0.0691. The molecule has 8 heteroatoms. The van der Waals surface area contributed by atoms with Crippen LogP contribution < -0.4 is 10.1 Å². The lowest BCUT2D eigenvalue weighted by Crippen LogP contribution is -2.46. The number of nitrogens with one attached hydrogen (secondary N) is 1. The SMILES string of the molecule is COc1cc(C)c(Cc2c(-c3ccc(Cl)cc3)nc3ccccn23)c(C(=O)N2CCNCC2)n1. The zero-order valence-corrected chi connectivity index (χ0v) is 20.0. The lowest BCUT2D eigenvalue weighted by molar-refractivity contribution is 0.0727. The van der Waals surface area contributed by atoms with Crippen molar-refractivity contribution in [1.29, 1.82) is 0 Å². The van der Waals surface area contributed by atoms with Gasteiger partial charge in [-0.25, -0.2) is 9.97 Å². The van der Waals surface area contributed by atoms with Gasteiger partial charge in [-0.2, -0.15) is 0 Å². The largest absolute Gasteiger partial charge is 0.481 e. The Bertz CT molecular complexity index is 1340. The van der Waals surface area contributed by atoms with E-state index in [-0.39, 0.29) is 5.91 Å². The van der Waals surface area contributed by atoms with Crippen LogP contribution in [0.5, 0.6) is 5.88 Å². The van der Waals surface area contributed by atoms with Gasteiger partial charge in [0, 0.05) is 55.4 Å². The molecule has 1 saturated heterocycles. The Hall–Kier alpha value is -3.42. The first-order valence-corrected chi connectivity index (χ1v) is 11.7. The van der Waals surface area contributed by atoms with E-state index >= 15 is 0 Å². The normalized spacial score (nSPS) is 13.9. The van der Waals surface area contributed by atoms with E-state index in [1.54, 1.807) is 7.11 Å². The summed E-state index contributed by atoms with van der Waals surface area (Å²) in [6, 6.07) is 15.5. The number of nitrogens with zero attached hydrogens (tertiary/aromatic N) is 4. The highest BCUT2D eigenvalue weighted by atomic mass is 35.5. The number of halogens is 1. The van der Waals surface area contributed by atoms with Crippen LogP contribution in [0.4, 0.5) is 0 Å². The standard InChI is InChI=1S/C26H26ClN5O2/c1-17-15-23(34-2)30-25(26(33)31-13-10-28-11-14-31)20(17)16-21-24(18-6-8-19(27)9-7-18)29-22-5-3-4-12-32(21)22/h3-9,12,15,28H,10-11,13-14,16H2,1-2H3. The molecular formula is C26H26ClN5O2. The van der Waals surface area contributed by atoms with E-state index in [1.807, 2.05) is 66.6 Å². The fourth-order valence-electron chi connectivity index (χ4n) is 4.41. The maximum absolute atomic E-state index is 13.6. The van der Waals surface area contributed by atoms with E-state index in [0.717, 1.165) is 46.8 Å². The second-order valence-corrected chi connectivity index (χ2v) is 8.81. The van der Waals surface area contributed by atoms with Gasteiger partial charge in [-0.1, -0.05) is 29.8 Å².